The number of aromatic nitrogens is 2. The Hall–Kier alpha value is -2.14. The molecule has 3 rings (SSSR count). The molecule has 23 heavy (non-hydrogen) atoms. The van der Waals surface area contributed by atoms with E-state index in [0.29, 0.717) is 25.6 Å². The summed E-state index contributed by atoms with van der Waals surface area (Å²) in [5, 5.41) is 13.5. The van der Waals surface area contributed by atoms with Gasteiger partial charge in [-0.2, -0.15) is 10.4 Å². The lowest BCUT2D eigenvalue weighted by atomic mass is 9.76. The number of hydrogen-bond acceptors (Lipinski definition) is 5. The lowest BCUT2D eigenvalue weighted by Gasteiger charge is -2.46. The lowest BCUT2D eigenvalue weighted by molar-refractivity contribution is -0.00395. The second-order valence-electron chi connectivity index (χ2n) is 6.58. The molecule has 1 aromatic heterocycles. The highest BCUT2D eigenvalue weighted by molar-refractivity contribution is 5.96. The van der Waals surface area contributed by atoms with Crippen molar-refractivity contribution in [2.75, 3.05) is 18.8 Å². The van der Waals surface area contributed by atoms with E-state index in [-0.39, 0.29) is 11.4 Å². The normalized spacial score (nSPS) is 29.0. The third-order valence-electron chi connectivity index (χ3n) is 5.17. The Kier molecular flexibility index (Phi) is 3.98. The maximum atomic E-state index is 13.0. The predicted molar refractivity (Wildman–Crippen MR) is 82.1 cm³/mol. The number of halogens is 1. The molecule has 1 saturated heterocycles. The zero-order valence-corrected chi connectivity index (χ0v) is 12.9. The molecule has 1 aromatic rings. The summed E-state index contributed by atoms with van der Waals surface area (Å²) < 4.78 is 14.7. The van der Waals surface area contributed by atoms with Crippen molar-refractivity contribution < 1.29 is 9.18 Å². The fraction of sp³-hybridized carbons (Fsp3) is 0.667. The Balaban J connectivity index is 1.78. The maximum Gasteiger partial charge on any atom is 0.254 e. The van der Waals surface area contributed by atoms with Gasteiger partial charge in [0, 0.05) is 25.3 Å². The molecule has 0 spiro atoms. The molecule has 0 unspecified atom stereocenters. The molecule has 2 heterocycles. The van der Waals surface area contributed by atoms with Crippen LogP contribution in [-0.4, -0.2) is 45.9 Å². The minimum atomic E-state index is -0.704. The van der Waals surface area contributed by atoms with E-state index < -0.39 is 17.6 Å². The third-order valence-corrected chi connectivity index (χ3v) is 5.17. The van der Waals surface area contributed by atoms with Gasteiger partial charge in [0.1, 0.15) is 11.7 Å². The summed E-state index contributed by atoms with van der Waals surface area (Å²) in [4.78, 5) is 13.5. The van der Waals surface area contributed by atoms with Gasteiger partial charge in [-0.15, -0.1) is 0 Å². The first-order chi connectivity index (χ1) is 10.9. The van der Waals surface area contributed by atoms with Crippen LogP contribution in [0.4, 0.5) is 10.2 Å². The molecule has 1 amide bonds. The average molecular weight is 320 g/mol. The molecule has 1 aliphatic heterocycles. The molecule has 0 atom stereocenters. The van der Waals surface area contributed by atoms with Crippen LogP contribution in [-0.2, 0) is 5.54 Å². The topological polar surface area (TPSA) is 114 Å². The van der Waals surface area contributed by atoms with Crippen molar-refractivity contribution in [1.29, 1.82) is 5.26 Å². The average Bonchev–Trinajstić information content (AvgIpc) is 2.88. The van der Waals surface area contributed by atoms with Crippen LogP contribution in [0.5, 0.6) is 0 Å². The summed E-state index contributed by atoms with van der Waals surface area (Å²) in [5.41, 5.74) is 10.8. The van der Waals surface area contributed by atoms with Crippen LogP contribution < -0.4 is 11.5 Å². The van der Waals surface area contributed by atoms with E-state index in [1.165, 1.54) is 0 Å². The highest BCUT2D eigenvalue weighted by atomic mass is 19.1. The molecule has 1 aliphatic carbocycles. The van der Waals surface area contributed by atoms with Gasteiger partial charge in [-0.1, -0.05) is 0 Å². The van der Waals surface area contributed by atoms with Crippen LogP contribution in [0.15, 0.2) is 6.20 Å². The number of likely N-dealkylation sites (tertiary alicyclic amines) is 1. The lowest BCUT2D eigenvalue weighted by Crippen LogP contribution is -2.55. The minimum absolute atomic E-state index is 0.0972. The fourth-order valence-corrected chi connectivity index (χ4v) is 3.71. The standard InChI is InChI=1S/C15H21FN6O/c16-10-7-21(8-10)11-1-3-15(4-2-11,5-6-17)22-9-12(14(19)23)13(18)20-22/h9-11H,1-5,7-8H2,(H2,18,20)(H2,19,23). The summed E-state index contributed by atoms with van der Waals surface area (Å²) in [5.74, 6) is -0.524. The van der Waals surface area contributed by atoms with Crippen LogP contribution >= 0.6 is 0 Å². The Morgan fingerprint density at radius 1 is 1.48 bits per heavy atom. The van der Waals surface area contributed by atoms with E-state index in [0.717, 1.165) is 25.7 Å². The number of hydrogen-bond donors (Lipinski definition) is 2. The van der Waals surface area contributed by atoms with Crippen LogP contribution in [0.25, 0.3) is 0 Å². The Morgan fingerprint density at radius 3 is 2.61 bits per heavy atom. The van der Waals surface area contributed by atoms with E-state index >= 15 is 0 Å². The van der Waals surface area contributed by atoms with Gasteiger partial charge in [0.15, 0.2) is 5.82 Å². The second-order valence-corrected chi connectivity index (χ2v) is 6.58. The predicted octanol–water partition coefficient (Wildman–Crippen LogP) is 0.769. The Labute approximate surface area is 134 Å². The van der Waals surface area contributed by atoms with E-state index in [1.54, 1.807) is 10.9 Å². The number of primary amides is 1. The molecule has 0 aromatic carbocycles. The first-order valence-corrected chi connectivity index (χ1v) is 7.86. The molecule has 2 aliphatic rings. The first-order valence-electron chi connectivity index (χ1n) is 7.86. The molecule has 124 valence electrons. The molecular weight excluding hydrogens is 299 g/mol. The zero-order chi connectivity index (χ0) is 16.6. The fourth-order valence-electron chi connectivity index (χ4n) is 3.71. The number of nitrogens with two attached hydrogens (primary N) is 2. The zero-order valence-electron chi connectivity index (χ0n) is 12.9. The van der Waals surface area contributed by atoms with Crippen molar-refractivity contribution in [3.63, 3.8) is 0 Å². The van der Waals surface area contributed by atoms with Crippen molar-refractivity contribution in [3.05, 3.63) is 11.8 Å². The van der Waals surface area contributed by atoms with Gasteiger partial charge < -0.3 is 11.5 Å². The summed E-state index contributed by atoms with van der Waals surface area (Å²) >= 11 is 0. The van der Waals surface area contributed by atoms with Crippen LogP contribution in [0.1, 0.15) is 42.5 Å². The first kappa shape index (κ1) is 15.7. The van der Waals surface area contributed by atoms with Gasteiger partial charge >= 0.3 is 0 Å². The summed E-state index contributed by atoms with van der Waals surface area (Å²) in [6, 6.07) is 2.58. The van der Waals surface area contributed by atoms with Crippen LogP contribution in [0.2, 0.25) is 0 Å². The van der Waals surface area contributed by atoms with Gasteiger partial charge in [0.2, 0.25) is 0 Å². The third kappa shape index (κ3) is 2.77. The van der Waals surface area contributed by atoms with Gasteiger partial charge in [-0.05, 0) is 25.7 Å². The number of nitrogen functional groups attached to an aromatic ring is 1. The number of anilines is 1. The highest BCUT2D eigenvalue weighted by Gasteiger charge is 2.42. The van der Waals surface area contributed by atoms with E-state index in [2.05, 4.69) is 16.1 Å². The SMILES string of the molecule is N#CCC1(n2cc(C(N)=O)c(N)n2)CCC(N2CC(F)C2)CC1. The number of carbonyl (C=O) groups is 1. The molecule has 0 bridgehead atoms. The van der Waals surface area contributed by atoms with E-state index in [9.17, 15) is 14.4 Å². The highest BCUT2D eigenvalue weighted by Crippen LogP contribution is 2.40. The molecule has 8 heteroatoms. The number of amides is 1. The summed E-state index contributed by atoms with van der Waals surface area (Å²) in [6.45, 7) is 1.02. The van der Waals surface area contributed by atoms with Crippen molar-refractivity contribution in [1.82, 2.24) is 14.7 Å². The number of carbonyl (C=O) groups excluding carboxylic acids is 1. The van der Waals surface area contributed by atoms with Crippen molar-refractivity contribution in [2.45, 2.75) is 49.9 Å². The molecule has 0 radical (unpaired) electrons. The molecule has 2 fully saturated rings. The van der Waals surface area contributed by atoms with Gasteiger partial charge in [-0.25, -0.2) is 4.39 Å². The summed E-state index contributed by atoms with van der Waals surface area (Å²) in [6.07, 6.45) is 4.39. The van der Waals surface area contributed by atoms with Crippen LogP contribution in [0.3, 0.4) is 0 Å². The number of rotatable bonds is 4. The molecule has 4 N–H and O–H groups in total. The van der Waals surface area contributed by atoms with Gasteiger partial charge in [-0.3, -0.25) is 14.4 Å². The molecular formula is C15H21FN6O. The van der Waals surface area contributed by atoms with Gasteiger partial charge in [0.25, 0.3) is 5.91 Å². The number of alkyl halides is 1. The van der Waals surface area contributed by atoms with E-state index in [1.807, 2.05) is 0 Å². The molecule has 1 saturated carbocycles. The Bertz CT molecular complexity index is 637. The van der Waals surface area contributed by atoms with Crippen molar-refractivity contribution in [2.24, 2.45) is 5.73 Å². The monoisotopic (exact) mass is 320 g/mol. The van der Waals surface area contributed by atoms with Gasteiger partial charge in [0.05, 0.1) is 18.0 Å². The Morgan fingerprint density at radius 2 is 2.13 bits per heavy atom. The van der Waals surface area contributed by atoms with Crippen LogP contribution in [0, 0.1) is 11.3 Å². The molecule has 7 nitrogen and oxygen atoms in total. The second kappa shape index (κ2) is 5.81. The largest absolute Gasteiger partial charge is 0.382 e. The minimum Gasteiger partial charge on any atom is -0.382 e. The summed E-state index contributed by atoms with van der Waals surface area (Å²) in [7, 11) is 0. The quantitative estimate of drug-likeness (QED) is 0.850. The number of nitriles is 1. The maximum absolute atomic E-state index is 13.0. The number of nitrogens with zero attached hydrogens (tertiary/aromatic N) is 4. The smallest absolute Gasteiger partial charge is 0.254 e. The van der Waals surface area contributed by atoms with Crippen molar-refractivity contribution in [3.8, 4) is 6.07 Å². The van der Waals surface area contributed by atoms with E-state index in [4.69, 9.17) is 11.5 Å². The van der Waals surface area contributed by atoms with Crippen molar-refractivity contribution >= 4 is 11.7 Å².